The van der Waals surface area contributed by atoms with E-state index in [-0.39, 0.29) is 0 Å². The Bertz CT molecular complexity index is 268. The summed E-state index contributed by atoms with van der Waals surface area (Å²) in [5, 5.41) is 3.50. The highest BCUT2D eigenvalue weighted by Gasteiger charge is 2.24. The Morgan fingerprint density at radius 3 is 2.79 bits per heavy atom. The van der Waals surface area contributed by atoms with Gasteiger partial charge in [0.2, 0.25) is 0 Å². The van der Waals surface area contributed by atoms with Gasteiger partial charge >= 0.3 is 0 Å². The Hall–Kier alpha value is -0.820. The summed E-state index contributed by atoms with van der Waals surface area (Å²) < 4.78 is 0. The van der Waals surface area contributed by atoms with Gasteiger partial charge in [-0.15, -0.1) is 0 Å². The Morgan fingerprint density at radius 1 is 1.29 bits per heavy atom. The van der Waals surface area contributed by atoms with E-state index in [2.05, 4.69) is 42.6 Å². The van der Waals surface area contributed by atoms with Crippen molar-refractivity contribution >= 4 is 0 Å². The number of hydrogen-bond acceptors (Lipinski definition) is 1. The molecular formula is C13H19N. The summed E-state index contributed by atoms with van der Waals surface area (Å²) in [6.07, 6.45) is 2.64. The molecule has 1 aliphatic rings. The summed E-state index contributed by atoms with van der Waals surface area (Å²) in [6, 6.07) is 10.9. The number of rotatable bonds is 2. The molecule has 2 unspecified atom stereocenters. The van der Waals surface area contributed by atoms with Crippen molar-refractivity contribution in [2.45, 2.75) is 25.7 Å². The first-order valence-electron chi connectivity index (χ1n) is 5.67. The van der Waals surface area contributed by atoms with E-state index in [1.807, 2.05) is 0 Å². The molecule has 1 fully saturated rings. The van der Waals surface area contributed by atoms with Crippen LogP contribution in [0.25, 0.3) is 0 Å². The molecule has 0 spiro atoms. The molecular weight excluding hydrogens is 170 g/mol. The minimum atomic E-state index is 0.731. The minimum absolute atomic E-state index is 0.731. The van der Waals surface area contributed by atoms with E-state index >= 15 is 0 Å². The number of nitrogens with one attached hydrogen (secondary N) is 1. The first kappa shape index (κ1) is 9.72. The van der Waals surface area contributed by atoms with Gasteiger partial charge in [-0.3, -0.25) is 0 Å². The Kier molecular flexibility index (Phi) is 3.20. The molecule has 0 amide bonds. The highest BCUT2D eigenvalue weighted by atomic mass is 14.9. The molecule has 1 saturated heterocycles. The number of benzene rings is 1. The zero-order chi connectivity index (χ0) is 9.80. The summed E-state index contributed by atoms with van der Waals surface area (Å²) in [5.41, 5.74) is 1.51. The van der Waals surface area contributed by atoms with Crippen LogP contribution in [-0.2, 0) is 0 Å². The molecule has 0 aromatic heterocycles. The van der Waals surface area contributed by atoms with Crippen LogP contribution in [0, 0.1) is 5.92 Å². The van der Waals surface area contributed by atoms with Crippen LogP contribution in [0.2, 0.25) is 0 Å². The van der Waals surface area contributed by atoms with E-state index in [0.29, 0.717) is 0 Å². The van der Waals surface area contributed by atoms with E-state index in [1.165, 1.54) is 24.9 Å². The molecule has 0 bridgehead atoms. The molecule has 2 rings (SSSR count). The lowest BCUT2D eigenvalue weighted by Gasteiger charge is -2.31. The van der Waals surface area contributed by atoms with Gasteiger partial charge in [0.1, 0.15) is 0 Å². The molecule has 0 radical (unpaired) electrons. The van der Waals surface area contributed by atoms with Gasteiger partial charge in [-0.25, -0.2) is 0 Å². The summed E-state index contributed by atoms with van der Waals surface area (Å²) in [7, 11) is 0. The van der Waals surface area contributed by atoms with Gasteiger partial charge in [0.05, 0.1) is 0 Å². The Morgan fingerprint density at radius 2 is 2.07 bits per heavy atom. The van der Waals surface area contributed by atoms with Crippen molar-refractivity contribution in [3.05, 3.63) is 35.9 Å². The lowest BCUT2D eigenvalue weighted by molar-refractivity contribution is 0.315. The number of piperidine rings is 1. The van der Waals surface area contributed by atoms with Crippen LogP contribution in [-0.4, -0.2) is 13.1 Å². The lowest BCUT2D eigenvalue weighted by Crippen LogP contribution is -2.34. The third-order valence-corrected chi connectivity index (χ3v) is 3.38. The molecule has 1 aliphatic heterocycles. The van der Waals surface area contributed by atoms with E-state index in [9.17, 15) is 0 Å². The molecule has 1 nitrogen and oxygen atoms in total. The van der Waals surface area contributed by atoms with Crippen LogP contribution >= 0.6 is 0 Å². The summed E-state index contributed by atoms with van der Waals surface area (Å²) in [5.74, 6) is 1.61. The fraction of sp³-hybridized carbons (Fsp3) is 0.538. The summed E-state index contributed by atoms with van der Waals surface area (Å²) in [4.78, 5) is 0. The quantitative estimate of drug-likeness (QED) is 0.754. The van der Waals surface area contributed by atoms with Crippen molar-refractivity contribution in [2.75, 3.05) is 13.1 Å². The predicted octanol–water partition coefficient (Wildman–Crippen LogP) is 2.79. The molecule has 76 valence electrons. The van der Waals surface area contributed by atoms with Crippen LogP contribution < -0.4 is 5.32 Å². The first-order valence-corrected chi connectivity index (χ1v) is 5.67. The Balaban J connectivity index is 2.15. The maximum absolute atomic E-state index is 3.50. The van der Waals surface area contributed by atoms with E-state index in [0.717, 1.165) is 18.4 Å². The van der Waals surface area contributed by atoms with Gasteiger partial charge in [-0.05, 0) is 30.4 Å². The second-order valence-electron chi connectivity index (χ2n) is 4.18. The molecule has 1 heterocycles. The maximum atomic E-state index is 3.50. The van der Waals surface area contributed by atoms with E-state index in [4.69, 9.17) is 0 Å². The van der Waals surface area contributed by atoms with Crippen molar-refractivity contribution < 1.29 is 0 Å². The van der Waals surface area contributed by atoms with Crippen molar-refractivity contribution in [2.24, 2.45) is 5.92 Å². The Labute approximate surface area is 86.5 Å². The standard InChI is InChI=1S/C13H19N/c1-2-11-8-9-14-10-13(11)12-6-4-3-5-7-12/h3-7,11,13-14H,2,8-10H2,1H3. The van der Waals surface area contributed by atoms with Crippen LogP contribution in [0.5, 0.6) is 0 Å². The highest BCUT2D eigenvalue weighted by Crippen LogP contribution is 2.31. The van der Waals surface area contributed by atoms with Crippen LogP contribution in [0.1, 0.15) is 31.2 Å². The van der Waals surface area contributed by atoms with Gasteiger partial charge in [-0.1, -0.05) is 43.7 Å². The molecule has 1 aromatic rings. The molecule has 14 heavy (non-hydrogen) atoms. The van der Waals surface area contributed by atoms with Gasteiger partial charge in [0, 0.05) is 6.54 Å². The SMILES string of the molecule is CCC1CCNCC1c1ccccc1. The van der Waals surface area contributed by atoms with Crippen molar-refractivity contribution in [3.8, 4) is 0 Å². The lowest BCUT2D eigenvalue weighted by atomic mass is 9.80. The van der Waals surface area contributed by atoms with Crippen LogP contribution in [0.4, 0.5) is 0 Å². The normalized spacial score (nSPS) is 27.5. The molecule has 0 saturated carbocycles. The zero-order valence-electron chi connectivity index (χ0n) is 8.87. The van der Waals surface area contributed by atoms with Crippen LogP contribution in [0.15, 0.2) is 30.3 Å². The van der Waals surface area contributed by atoms with Gasteiger partial charge in [0.25, 0.3) is 0 Å². The molecule has 0 aliphatic carbocycles. The minimum Gasteiger partial charge on any atom is -0.316 e. The maximum Gasteiger partial charge on any atom is 0.00228 e. The second kappa shape index (κ2) is 4.61. The van der Waals surface area contributed by atoms with Crippen molar-refractivity contribution in [1.29, 1.82) is 0 Å². The van der Waals surface area contributed by atoms with Gasteiger partial charge in [-0.2, -0.15) is 0 Å². The third-order valence-electron chi connectivity index (χ3n) is 3.38. The van der Waals surface area contributed by atoms with Crippen molar-refractivity contribution in [1.82, 2.24) is 5.32 Å². The molecule has 1 heteroatoms. The van der Waals surface area contributed by atoms with Gasteiger partial charge in [0.15, 0.2) is 0 Å². The zero-order valence-corrected chi connectivity index (χ0v) is 8.87. The smallest absolute Gasteiger partial charge is 0.00228 e. The highest BCUT2D eigenvalue weighted by molar-refractivity contribution is 5.21. The molecule has 1 N–H and O–H groups in total. The topological polar surface area (TPSA) is 12.0 Å². The molecule has 1 aromatic carbocycles. The second-order valence-corrected chi connectivity index (χ2v) is 4.18. The van der Waals surface area contributed by atoms with Gasteiger partial charge < -0.3 is 5.32 Å². The van der Waals surface area contributed by atoms with Crippen molar-refractivity contribution in [3.63, 3.8) is 0 Å². The predicted molar refractivity (Wildman–Crippen MR) is 60.5 cm³/mol. The monoisotopic (exact) mass is 189 g/mol. The van der Waals surface area contributed by atoms with E-state index < -0.39 is 0 Å². The fourth-order valence-electron chi connectivity index (χ4n) is 2.49. The average Bonchev–Trinajstić information content (AvgIpc) is 2.30. The largest absolute Gasteiger partial charge is 0.316 e. The summed E-state index contributed by atoms with van der Waals surface area (Å²) in [6.45, 7) is 4.66. The first-order chi connectivity index (χ1) is 6.92. The third kappa shape index (κ3) is 1.98. The molecule has 2 atom stereocenters. The summed E-state index contributed by atoms with van der Waals surface area (Å²) >= 11 is 0. The number of hydrogen-bond donors (Lipinski definition) is 1. The van der Waals surface area contributed by atoms with E-state index in [1.54, 1.807) is 0 Å². The fourth-order valence-corrected chi connectivity index (χ4v) is 2.49. The average molecular weight is 189 g/mol. The van der Waals surface area contributed by atoms with Crippen LogP contribution in [0.3, 0.4) is 0 Å².